The molecule has 0 radical (unpaired) electrons. The van der Waals surface area contributed by atoms with Gasteiger partial charge in [0.15, 0.2) is 0 Å². The lowest BCUT2D eigenvalue weighted by atomic mass is 10.2. The number of nitrogens with one attached hydrogen (secondary N) is 1. The van der Waals surface area contributed by atoms with E-state index in [4.69, 9.17) is 0 Å². The van der Waals surface area contributed by atoms with Gasteiger partial charge in [-0.15, -0.1) is 0 Å². The van der Waals surface area contributed by atoms with E-state index >= 15 is 0 Å². The van der Waals surface area contributed by atoms with Crippen LogP contribution in [-0.2, 0) is 13.1 Å². The monoisotopic (exact) mass is 260 g/mol. The van der Waals surface area contributed by atoms with Gasteiger partial charge in [-0.2, -0.15) is 0 Å². The molecule has 5 heteroatoms. The highest BCUT2D eigenvalue weighted by atomic mass is 19.1. The fourth-order valence-electron chi connectivity index (χ4n) is 1.80. The lowest BCUT2D eigenvalue weighted by Crippen LogP contribution is -2.18. The van der Waals surface area contributed by atoms with Crippen LogP contribution in [0, 0.1) is 5.82 Å². The molecule has 2 rings (SSSR count). The molecule has 0 aliphatic heterocycles. The van der Waals surface area contributed by atoms with Gasteiger partial charge >= 0.3 is 0 Å². The summed E-state index contributed by atoms with van der Waals surface area (Å²) in [6.07, 6.45) is 3.47. The first-order chi connectivity index (χ1) is 9.17. The SMILES string of the molecule is CNc1cnc(CN(C)Cc2ccc(F)cc2)cn1. The molecule has 19 heavy (non-hydrogen) atoms. The smallest absolute Gasteiger partial charge is 0.144 e. The normalized spacial score (nSPS) is 10.7. The van der Waals surface area contributed by atoms with E-state index in [1.54, 1.807) is 24.5 Å². The molecule has 0 aliphatic rings. The lowest BCUT2D eigenvalue weighted by Gasteiger charge is -2.16. The minimum atomic E-state index is -0.208. The summed E-state index contributed by atoms with van der Waals surface area (Å²) in [5.74, 6) is 0.546. The van der Waals surface area contributed by atoms with Crippen LogP contribution < -0.4 is 5.32 Å². The Morgan fingerprint density at radius 3 is 2.42 bits per heavy atom. The highest BCUT2D eigenvalue weighted by Crippen LogP contribution is 2.08. The Bertz CT molecular complexity index is 510. The molecule has 0 spiro atoms. The first-order valence-corrected chi connectivity index (χ1v) is 6.09. The Morgan fingerprint density at radius 2 is 1.84 bits per heavy atom. The van der Waals surface area contributed by atoms with Crippen molar-refractivity contribution in [2.75, 3.05) is 19.4 Å². The van der Waals surface area contributed by atoms with Gasteiger partial charge in [0, 0.05) is 20.1 Å². The molecule has 4 nitrogen and oxygen atoms in total. The average Bonchev–Trinajstić information content (AvgIpc) is 2.42. The van der Waals surface area contributed by atoms with Gasteiger partial charge in [-0.05, 0) is 24.7 Å². The topological polar surface area (TPSA) is 41.1 Å². The molecule has 0 saturated carbocycles. The number of rotatable bonds is 5. The van der Waals surface area contributed by atoms with Crippen molar-refractivity contribution in [2.45, 2.75) is 13.1 Å². The molecule has 0 unspecified atom stereocenters. The van der Waals surface area contributed by atoms with Gasteiger partial charge < -0.3 is 5.32 Å². The summed E-state index contributed by atoms with van der Waals surface area (Å²) >= 11 is 0. The van der Waals surface area contributed by atoms with E-state index in [9.17, 15) is 4.39 Å². The summed E-state index contributed by atoms with van der Waals surface area (Å²) in [6, 6.07) is 6.54. The van der Waals surface area contributed by atoms with E-state index in [1.165, 1.54) is 12.1 Å². The van der Waals surface area contributed by atoms with E-state index in [-0.39, 0.29) is 5.82 Å². The van der Waals surface area contributed by atoms with Crippen LogP contribution in [0.3, 0.4) is 0 Å². The fourth-order valence-corrected chi connectivity index (χ4v) is 1.80. The first kappa shape index (κ1) is 13.4. The summed E-state index contributed by atoms with van der Waals surface area (Å²) in [5.41, 5.74) is 1.98. The van der Waals surface area contributed by atoms with Crippen molar-refractivity contribution in [1.29, 1.82) is 0 Å². The molecule has 0 bridgehead atoms. The van der Waals surface area contributed by atoms with Gasteiger partial charge in [0.2, 0.25) is 0 Å². The van der Waals surface area contributed by atoms with Crippen LogP contribution in [0.25, 0.3) is 0 Å². The van der Waals surface area contributed by atoms with Gasteiger partial charge in [-0.1, -0.05) is 12.1 Å². The van der Waals surface area contributed by atoms with Gasteiger partial charge in [0.05, 0.1) is 18.1 Å². The summed E-state index contributed by atoms with van der Waals surface area (Å²) in [6.45, 7) is 1.45. The highest BCUT2D eigenvalue weighted by molar-refractivity contribution is 5.29. The molecule has 1 aromatic carbocycles. The van der Waals surface area contributed by atoms with Gasteiger partial charge in [0.1, 0.15) is 11.6 Å². The van der Waals surface area contributed by atoms with Crippen molar-refractivity contribution in [1.82, 2.24) is 14.9 Å². The molecule has 100 valence electrons. The van der Waals surface area contributed by atoms with Gasteiger partial charge in [-0.3, -0.25) is 9.88 Å². The largest absolute Gasteiger partial charge is 0.372 e. The van der Waals surface area contributed by atoms with Crippen LogP contribution in [-0.4, -0.2) is 29.0 Å². The number of hydrogen-bond donors (Lipinski definition) is 1. The number of anilines is 1. The Kier molecular flexibility index (Phi) is 4.41. The molecule has 1 aromatic heterocycles. The Balaban J connectivity index is 1.92. The van der Waals surface area contributed by atoms with E-state index in [2.05, 4.69) is 20.2 Å². The lowest BCUT2D eigenvalue weighted by molar-refractivity contribution is 0.314. The van der Waals surface area contributed by atoms with Crippen molar-refractivity contribution in [3.05, 3.63) is 53.7 Å². The fraction of sp³-hybridized carbons (Fsp3) is 0.286. The Morgan fingerprint density at radius 1 is 1.11 bits per heavy atom. The standard InChI is InChI=1S/C14H17FN4/c1-16-14-8-17-13(7-18-14)10-19(2)9-11-3-5-12(15)6-4-11/h3-8H,9-10H2,1-2H3,(H,16,18). The van der Waals surface area contributed by atoms with Crippen molar-refractivity contribution >= 4 is 5.82 Å². The summed E-state index contributed by atoms with van der Waals surface area (Å²) in [7, 11) is 3.81. The average molecular weight is 260 g/mol. The van der Waals surface area contributed by atoms with Crippen LogP contribution in [0.4, 0.5) is 10.2 Å². The van der Waals surface area contributed by atoms with E-state index in [0.717, 1.165) is 23.6 Å². The summed E-state index contributed by atoms with van der Waals surface area (Å²) in [4.78, 5) is 10.6. The number of nitrogens with zero attached hydrogens (tertiary/aromatic N) is 3. The highest BCUT2D eigenvalue weighted by Gasteiger charge is 2.04. The van der Waals surface area contributed by atoms with Crippen molar-refractivity contribution < 1.29 is 4.39 Å². The Labute approximate surface area is 112 Å². The predicted octanol–water partition coefficient (Wildman–Crippen LogP) is 2.29. The van der Waals surface area contributed by atoms with Crippen LogP contribution in [0.5, 0.6) is 0 Å². The first-order valence-electron chi connectivity index (χ1n) is 6.09. The minimum absolute atomic E-state index is 0.208. The zero-order valence-electron chi connectivity index (χ0n) is 11.1. The number of halogens is 1. The van der Waals surface area contributed by atoms with Crippen molar-refractivity contribution in [2.24, 2.45) is 0 Å². The van der Waals surface area contributed by atoms with E-state index in [1.807, 2.05) is 14.1 Å². The number of benzene rings is 1. The molecular formula is C14H17FN4. The molecule has 0 fully saturated rings. The number of aromatic nitrogens is 2. The van der Waals surface area contributed by atoms with Crippen molar-refractivity contribution in [3.63, 3.8) is 0 Å². The summed E-state index contributed by atoms with van der Waals surface area (Å²) < 4.78 is 12.8. The van der Waals surface area contributed by atoms with Gasteiger partial charge in [0.25, 0.3) is 0 Å². The van der Waals surface area contributed by atoms with Gasteiger partial charge in [-0.25, -0.2) is 9.37 Å². The van der Waals surface area contributed by atoms with Crippen LogP contribution >= 0.6 is 0 Å². The molecule has 2 aromatic rings. The molecule has 1 N–H and O–H groups in total. The molecular weight excluding hydrogens is 243 g/mol. The minimum Gasteiger partial charge on any atom is -0.372 e. The molecule has 0 saturated heterocycles. The third-order valence-corrected chi connectivity index (χ3v) is 2.76. The predicted molar refractivity (Wildman–Crippen MR) is 73.1 cm³/mol. The van der Waals surface area contributed by atoms with E-state index in [0.29, 0.717) is 6.54 Å². The maximum atomic E-state index is 12.8. The van der Waals surface area contributed by atoms with Crippen LogP contribution in [0.2, 0.25) is 0 Å². The molecule has 1 heterocycles. The zero-order valence-corrected chi connectivity index (χ0v) is 11.1. The quantitative estimate of drug-likeness (QED) is 0.895. The maximum absolute atomic E-state index is 12.8. The Hall–Kier alpha value is -2.01. The third kappa shape index (κ3) is 3.99. The van der Waals surface area contributed by atoms with Crippen LogP contribution in [0.1, 0.15) is 11.3 Å². The third-order valence-electron chi connectivity index (χ3n) is 2.76. The zero-order chi connectivity index (χ0) is 13.7. The van der Waals surface area contributed by atoms with E-state index < -0.39 is 0 Å². The second-order valence-corrected chi connectivity index (χ2v) is 4.44. The maximum Gasteiger partial charge on any atom is 0.144 e. The van der Waals surface area contributed by atoms with Crippen molar-refractivity contribution in [3.8, 4) is 0 Å². The molecule has 0 atom stereocenters. The van der Waals surface area contributed by atoms with Crippen LogP contribution in [0.15, 0.2) is 36.7 Å². The number of hydrogen-bond acceptors (Lipinski definition) is 4. The molecule has 0 amide bonds. The second-order valence-electron chi connectivity index (χ2n) is 4.44. The molecule has 0 aliphatic carbocycles. The second kappa shape index (κ2) is 6.24. The summed E-state index contributed by atoms with van der Waals surface area (Å²) in [5, 5.41) is 2.93.